The molecule has 0 aliphatic carbocycles. The number of hydrogen-bond acceptors (Lipinski definition) is 5. The van der Waals surface area contributed by atoms with Gasteiger partial charge in [0, 0.05) is 17.0 Å². The molecule has 7 nitrogen and oxygen atoms in total. The van der Waals surface area contributed by atoms with Gasteiger partial charge in [-0.2, -0.15) is 5.10 Å². The quantitative estimate of drug-likeness (QED) is 0.403. The van der Waals surface area contributed by atoms with Gasteiger partial charge in [-0.3, -0.25) is 4.79 Å². The third-order valence-corrected chi connectivity index (χ3v) is 4.23. The minimum atomic E-state index is -0.428. The molecule has 0 radical (unpaired) electrons. The maximum absolute atomic E-state index is 12.3. The Hall–Kier alpha value is -3.61. The van der Waals surface area contributed by atoms with Gasteiger partial charge < -0.3 is 13.7 Å². The number of esters is 1. The molecule has 0 unspecified atom stereocenters. The van der Waals surface area contributed by atoms with Crippen LogP contribution in [0.2, 0.25) is 0 Å². The summed E-state index contributed by atoms with van der Waals surface area (Å²) < 4.78 is 12.2. The van der Waals surface area contributed by atoms with E-state index in [0.29, 0.717) is 12.2 Å². The molecule has 0 saturated carbocycles. The van der Waals surface area contributed by atoms with Crippen LogP contribution in [0.3, 0.4) is 0 Å². The van der Waals surface area contributed by atoms with Crippen LogP contribution in [0.5, 0.6) is 0 Å². The zero-order valence-electron chi connectivity index (χ0n) is 15.9. The van der Waals surface area contributed by atoms with Crippen molar-refractivity contribution in [2.24, 2.45) is 5.10 Å². The van der Waals surface area contributed by atoms with E-state index in [1.165, 1.54) is 6.26 Å². The van der Waals surface area contributed by atoms with Crippen molar-refractivity contribution in [3.05, 3.63) is 77.0 Å². The third kappa shape index (κ3) is 3.88. The van der Waals surface area contributed by atoms with Gasteiger partial charge in [-0.15, -0.1) is 0 Å². The van der Waals surface area contributed by atoms with Crippen LogP contribution in [0.15, 0.2) is 58.2 Å². The van der Waals surface area contributed by atoms with Crippen LogP contribution in [-0.4, -0.2) is 29.3 Å². The van der Waals surface area contributed by atoms with E-state index in [9.17, 15) is 9.59 Å². The van der Waals surface area contributed by atoms with Crippen LogP contribution < -0.4 is 5.43 Å². The molecule has 1 amide bonds. The zero-order valence-corrected chi connectivity index (χ0v) is 15.9. The molecule has 1 N–H and O–H groups in total. The summed E-state index contributed by atoms with van der Waals surface area (Å²) in [5.41, 5.74) is 6.27. The molecule has 144 valence electrons. The molecule has 1 aromatic carbocycles. The number of nitrogens with one attached hydrogen (secondary N) is 1. The van der Waals surface area contributed by atoms with Crippen LogP contribution in [0.25, 0.3) is 5.69 Å². The van der Waals surface area contributed by atoms with Gasteiger partial charge in [-0.1, -0.05) is 12.1 Å². The van der Waals surface area contributed by atoms with E-state index < -0.39 is 5.91 Å². The first-order valence-corrected chi connectivity index (χ1v) is 8.85. The second-order valence-electron chi connectivity index (χ2n) is 6.08. The largest absolute Gasteiger partial charge is 0.462 e. The van der Waals surface area contributed by atoms with Crippen LogP contribution in [0.4, 0.5) is 0 Å². The normalized spacial score (nSPS) is 11.0. The fourth-order valence-electron chi connectivity index (χ4n) is 2.96. The van der Waals surface area contributed by atoms with E-state index >= 15 is 0 Å². The number of amides is 1. The molecule has 2 aromatic heterocycles. The highest BCUT2D eigenvalue weighted by Gasteiger charge is 2.17. The number of ether oxygens (including phenoxy) is 1. The van der Waals surface area contributed by atoms with Crippen molar-refractivity contribution in [2.75, 3.05) is 6.61 Å². The molecule has 0 fully saturated rings. The lowest BCUT2D eigenvalue weighted by atomic mass is 10.1. The lowest BCUT2D eigenvalue weighted by molar-refractivity contribution is 0.0526. The second kappa shape index (κ2) is 8.39. The molecule has 7 heteroatoms. The molecular weight excluding hydrogens is 358 g/mol. The number of aryl methyl sites for hydroxylation is 1. The fourth-order valence-corrected chi connectivity index (χ4v) is 2.96. The number of nitrogens with zero attached hydrogens (tertiary/aromatic N) is 2. The standard InChI is InChI=1S/C21H21N3O4/c1-4-27-21(26)17-8-5-6-9-18(17)24-14(2)12-16(15(24)3)13-22-23-20(25)19-10-7-11-28-19/h5-13H,4H2,1-3H3,(H,23,25)/b22-13-. The fraction of sp³-hybridized carbons (Fsp3) is 0.190. The highest BCUT2D eigenvalue weighted by atomic mass is 16.5. The molecule has 3 aromatic rings. The van der Waals surface area contributed by atoms with Gasteiger partial charge in [0.05, 0.1) is 30.3 Å². The average molecular weight is 379 g/mol. The monoisotopic (exact) mass is 379 g/mol. The molecule has 0 aliphatic rings. The number of benzene rings is 1. The van der Waals surface area contributed by atoms with Crippen LogP contribution in [0, 0.1) is 13.8 Å². The molecule has 0 atom stereocenters. The first-order chi connectivity index (χ1) is 13.5. The summed E-state index contributed by atoms with van der Waals surface area (Å²) in [4.78, 5) is 24.2. The zero-order chi connectivity index (χ0) is 20.1. The Morgan fingerprint density at radius 2 is 2.00 bits per heavy atom. The summed E-state index contributed by atoms with van der Waals surface area (Å²) in [5.74, 6) is -0.611. The number of carbonyl (C=O) groups excluding carboxylic acids is 2. The Morgan fingerprint density at radius 1 is 1.21 bits per heavy atom. The summed E-state index contributed by atoms with van der Waals surface area (Å²) in [6.45, 7) is 5.95. The van der Waals surface area contributed by atoms with Gasteiger partial charge in [0.1, 0.15) is 0 Å². The summed E-state index contributed by atoms with van der Waals surface area (Å²) in [6.07, 6.45) is 2.99. The van der Waals surface area contributed by atoms with Gasteiger partial charge in [0.25, 0.3) is 0 Å². The van der Waals surface area contributed by atoms with Crippen molar-refractivity contribution in [2.45, 2.75) is 20.8 Å². The molecular formula is C21H21N3O4. The van der Waals surface area contributed by atoms with Crippen LogP contribution in [-0.2, 0) is 4.74 Å². The van der Waals surface area contributed by atoms with E-state index in [2.05, 4.69) is 10.5 Å². The number of furan rings is 1. The number of aromatic nitrogens is 1. The summed E-state index contributed by atoms with van der Waals surface area (Å²) in [7, 11) is 0. The minimum absolute atomic E-state index is 0.186. The Morgan fingerprint density at radius 3 is 2.71 bits per heavy atom. The Kier molecular flexibility index (Phi) is 5.74. The molecule has 3 rings (SSSR count). The van der Waals surface area contributed by atoms with E-state index in [1.807, 2.05) is 36.6 Å². The average Bonchev–Trinajstić information content (AvgIpc) is 3.31. The van der Waals surface area contributed by atoms with Gasteiger partial charge >= 0.3 is 11.9 Å². The number of hydrazone groups is 1. The summed E-state index contributed by atoms with van der Waals surface area (Å²) in [5, 5.41) is 4.00. The topological polar surface area (TPSA) is 85.8 Å². The van der Waals surface area contributed by atoms with E-state index in [-0.39, 0.29) is 11.7 Å². The van der Waals surface area contributed by atoms with Gasteiger partial charge in [0.15, 0.2) is 5.76 Å². The van der Waals surface area contributed by atoms with E-state index in [0.717, 1.165) is 22.6 Å². The lowest BCUT2D eigenvalue weighted by Gasteiger charge is -2.14. The molecule has 0 aliphatic heterocycles. The van der Waals surface area contributed by atoms with Gasteiger partial charge in [-0.25, -0.2) is 10.2 Å². The van der Waals surface area contributed by atoms with Crippen molar-refractivity contribution in [3.63, 3.8) is 0 Å². The highest BCUT2D eigenvalue weighted by Crippen LogP contribution is 2.23. The Balaban J connectivity index is 1.88. The first kappa shape index (κ1) is 19.2. The van der Waals surface area contributed by atoms with Crippen molar-refractivity contribution in [1.29, 1.82) is 0 Å². The SMILES string of the molecule is CCOC(=O)c1ccccc1-n1c(C)cc(/C=N\NC(=O)c2ccco2)c1C. The van der Waals surface area contributed by atoms with Crippen molar-refractivity contribution in [3.8, 4) is 5.69 Å². The molecule has 28 heavy (non-hydrogen) atoms. The lowest BCUT2D eigenvalue weighted by Crippen LogP contribution is -2.16. The number of rotatable bonds is 6. The van der Waals surface area contributed by atoms with Gasteiger partial charge in [-0.05, 0) is 51.1 Å². The first-order valence-electron chi connectivity index (χ1n) is 8.85. The predicted octanol–water partition coefficient (Wildman–Crippen LogP) is 3.63. The number of para-hydroxylation sites is 1. The highest BCUT2D eigenvalue weighted by molar-refractivity contribution is 5.94. The number of carbonyl (C=O) groups is 2. The smallest absolute Gasteiger partial charge is 0.340 e. The molecule has 0 bridgehead atoms. The summed E-state index contributed by atoms with van der Waals surface area (Å²) in [6, 6.07) is 12.4. The van der Waals surface area contributed by atoms with Crippen LogP contribution >= 0.6 is 0 Å². The van der Waals surface area contributed by atoms with E-state index in [1.54, 1.807) is 37.4 Å². The van der Waals surface area contributed by atoms with E-state index in [4.69, 9.17) is 9.15 Å². The number of hydrogen-bond donors (Lipinski definition) is 1. The summed E-state index contributed by atoms with van der Waals surface area (Å²) >= 11 is 0. The van der Waals surface area contributed by atoms with Gasteiger partial charge in [0.2, 0.25) is 0 Å². The minimum Gasteiger partial charge on any atom is -0.462 e. The Labute approximate surface area is 162 Å². The molecule has 2 heterocycles. The van der Waals surface area contributed by atoms with Crippen molar-refractivity contribution in [1.82, 2.24) is 9.99 Å². The maximum Gasteiger partial charge on any atom is 0.340 e. The van der Waals surface area contributed by atoms with Crippen molar-refractivity contribution < 1.29 is 18.7 Å². The van der Waals surface area contributed by atoms with Crippen LogP contribution in [0.1, 0.15) is 44.8 Å². The maximum atomic E-state index is 12.3. The molecule has 0 saturated heterocycles. The second-order valence-corrected chi connectivity index (χ2v) is 6.08. The predicted molar refractivity (Wildman–Crippen MR) is 105 cm³/mol. The third-order valence-electron chi connectivity index (χ3n) is 4.23. The van der Waals surface area contributed by atoms with Crippen molar-refractivity contribution >= 4 is 18.1 Å². The Bertz CT molecular complexity index is 1020. The molecule has 0 spiro atoms.